The van der Waals surface area contributed by atoms with Crippen LogP contribution in [-0.4, -0.2) is 19.9 Å². The number of pyridine rings is 1. The van der Waals surface area contributed by atoms with Crippen LogP contribution < -0.4 is 0 Å². The van der Waals surface area contributed by atoms with Crippen LogP contribution in [0, 0.1) is 0 Å². The largest absolute Gasteiger partial charge is 0.384 e. The van der Waals surface area contributed by atoms with E-state index in [9.17, 15) is 5.11 Å². The number of aryl methyl sites for hydroxylation is 1. The molecular formula is C14H11Cl2N3O. The molecule has 0 saturated carbocycles. The van der Waals surface area contributed by atoms with Crippen molar-refractivity contribution in [3.05, 3.63) is 57.8 Å². The summed E-state index contributed by atoms with van der Waals surface area (Å²) in [5, 5.41) is 16.4. The van der Waals surface area contributed by atoms with E-state index in [0.29, 0.717) is 21.2 Å². The summed E-state index contributed by atoms with van der Waals surface area (Å²) in [5.41, 5.74) is 2.03. The minimum absolute atomic E-state index is 0.427. The van der Waals surface area contributed by atoms with E-state index in [2.05, 4.69) is 10.1 Å². The normalized spacial score (nSPS) is 12.8. The van der Waals surface area contributed by atoms with Gasteiger partial charge in [0, 0.05) is 39.8 Å². The molecule has 0 fully saturated rings. The van der Waals surface area contributed by atoms with Crippen molar-refractivity contribution in [3.63, 3.8) is 0 Å². The second-order valence-electron chi connectivity index (χ2n) is 4.52. The first kappa shape index (κ1) is 13.4. The van der Waals surface area contributed by atoms with Crippen LogP contribution >= 0.6 is 23.2 Å². The molecule has 1 atom stereocenters. The Morgan fingerprint density at radius 3 is 2.75 bits per heavy atom. The van der Waals surface area contributed by atoms with Crippen molar-refractivity contribution in [2.45, 2.75) is 6.10 Å². The second-order valence-corrected chi connectivity index (χ2v) is 5.36. The predicted molar refractivity (Wildman–Crippen MR) is 79.0 cm³/mol. The molecule has 0 aliphatic rings. The number of rotatable bonds is 2. The molecule has 0 aliphatic carbocycles. The molecule has 1 unspecified atom stereocenters. The molecule has 0 amide bonds. The van der Waals surface area contributed by atoms with Gasteiger partial charge in [-0.25, -0.2) is 4.98 Å². The van der Waals surface area contributed by atoms with E-state index < -0.39 is 6.10 Å². The molecule has 2 heterocycles. The summed E-state index contributed by atoms with van der Waals surface area (Å²) < 4.78 is 1.68. The molecule has 0 spiro atoms. The van der Waals surface area contributed by atoms with Gasteiger partial charge in [-0.15, -0.1) is 0 Å². The number of benzene rings is 1. The molecule has 6 heteroatoms. The number of aliphatic hydroxyl groups excluding tert-OH is 1. The number of nitrogens with zero attached hydrogens (tertiary/aromatic N) is 3. The first-order chi connectivity index (χ1) is 9.56. The van der Waals surface area contributed by atoms with Crippen LogP contribution in [0.5, 0.6) is 0 Å². The Bertz CT molecular complexity index is 785. The van der Waals surface area contributed by atoms with E-state index in [-0.39, 0.29) is 0 Å². The Balaban J connectivity index is 2.05. The number of aromatic nitrogens is 3. The highest BCUT2D eigenvalue weighted by molar-refractivity contribution is 6.35. The Morgan fingerprint density at radius 1 is 1.20 bits per heavy atom. The van der Waals surface area contributed by atoms with Gasteiger partial charge in [0.25, 0.3) is 0 Å². The van der Waals surface area contributed by atoms with Crippen LogP contribution in [0.3, 0.4) is 0 Å². The van der Waals surface area contributed by atoms with Crippen molar-refractivity contribution >= 4 is 34.2 Å². The Hall–Kier alpha value is -1.62. The lowest BCUT2D eigenvalue weighted by Gasteiger charge is -2.13. The lowest BCUT2D eigenvalue weighted by atomic mass is 10.0. The van der Waals surface area contributed by atoms with Crippen molar-refractivity contribution in [1.29, 1.82) is 0 Å². The van der Waals surface area contributed by atoms with Gasteiger partial charge in [0.15, 0.2) is 5.65 Å². The average molecular weight is 308 g/mol. The minimum Gasteiger partial charge on any atom is -0.384 e. The van der Waals surface area contributed by atoms with Crippen LogP contribution in [0.15, 0.2) is 36.7 Å². The van der Waals surface area contributed by atoms with Gasteiger partial charge in [-0.3, -0.25) is 4.68 Å². The third kappa shape index (κ3) is 2.26. The Labute approximate surface area is 125 Å². The van der Waals surface area contributed by atoms with Crippen molar-refractivity contribution < 1.29 is 5.11 Å². The monoisotopic (exact) mass is 307 g/mol. The first-order valence-electron chi connectivity index (χ1n) is 5.97. The zero-order valence-corrected chi connectivity index (χ0v) is 12.1. The van der Waals surface area contributed by atoms with Crippen LogP contribution in [0.4, 0.5) is 0 Å². The number of hydrogen-bond acceptors (Lipinski definition) is 3. The van der Waals surface area contributed by atoms with Gasteiger partial charge in [0.2, 0.25) is 0 Å². The van der Waals surface area contributed by atoms with Crippen LogP contribution in [-0.2, 0) is 7.05 Å². The molecule has 0 radical (unpaired) electrons. The number of hydrogen-bond donors (Lipinski definition) is 1. The zero-order chi connectivity index (χ0) is 14.3. The molecule has 102 valence electrons. The summed E-state index contributed by atoms with van der Waals surface area (Å²) >= 11 is 12.0. The maximum atomic E-state index is 10.4. The number of aliphatic hydroxyl groups is 1. The van der Waals surface area contributed by atoms with E-state index in [1.165, 1.54) is 0 Å². The summed E-state index contributed by atoms with van der Waals surface area (Å²) in [6, 6.07) is 6.87. The zero-order valence-electron chi connectivity index (χ0n) is 10.6. The summed E-state index contributed by atoms with van der Waals surface area (Å²) in [6.45, 7) is 0. The van der Waals surface area contributed by atoms with Crippen molar-refractivity contribution in [2.75, 3.05) is 0 Å². The Morgan fingerprint density at radius 2 is 2.00 bits per heavy atom. The molecule has 3 rings (SSSR count). The lowest BCUT2D eigenvalue weighted by molar-refractivity contribution is 0.220. The molecule has 20 heavy (non-hydrogen) atoms. The number of halogens is 2. The molecule has 2 aromatic heterocycles. The highest BCUT2D eigenvalue weighted by atomic mass is 35.5. The maximum Gasteiger partial charge on any atom is 0.157 e. The van der Waals surface area contributed by atoms with E-state index in [0.717, 1.165) is 11.0 Å². The molecule has 0 bridgehead atoms. The fraction of sp³-hybridized carbons (Fsp3) is 0.143. The predicted octanol–water partition coefficient (Wildman–Crippen LogP) is 3.36. The maximum absolute atomic E-state index is 10.4. The summed E-state index contributed by atoms with van der Waals surface area (Å²) in [6.07, 6.45) is 2.48. The van der Waals surface area contributed by atoms with E-state index in [1.54, 1.807) is 35.3 Å². The fourth-order valence-electron chi connectivity index (χ4n) is 2.11. The molecule has 4 nitrogen and oxygen atoms in total. The summed E-state index contributed by atoms with van der Waals surface area (Å²) in [5.74, 6) is 0. The molecule has 0 saturated heterocycles. The third-order valence-electron chi connectivity index (χ3n) is 3.17. The van der Waals surface area contributed by atoms with Gasteiger partial charge in [0.05, 0.1) is 6.20 Å². The molecule has 3 aromatic rings. The van der Waals surface area contributed by atoms with Crippen molar-refractivity contribution in [1.82, 2.24) is 14.8 Å². The highest BCUT2D eigenvalue weighted by Crippen LogP contribution is 2.31. The minimum atomic E-state index is -0.850. The topological polar surface area (TPSA) is 50.9 Å². The molecule has 1 N–H and O–H groups in total. The smallest absolute Gasteiger partial charge is 0.157 e. The van der Waals surface area contributed by atoms with Gasteiger partial charge in [0.1, 0.15) is 6.10 Å². The molecular weight excluding hydrogens is 297 g/mol. The van der Waals surface area contributed by atoms with Crippen LogP contribution in [0.2, 0.25) is 10.0 Å². The fourth-order valence-corrected chi connectivity index (χ4v) is 2.62. The first-order valence-corrected chi connectivity index (χ1v) is 6.72. The standard InChI is InChI=1S/C14H11Cl2N3O/c1-19-14-9(7-18-19)4-8(6-17-14)13(20)11-3-2-10(15)5-12(11)16/h2-7,13,20H,1H3. The van der Waals surface area contributed by atoms with Gasteiger partial charge < -0.3 is 5.11 Å². The Kier molecular flexibility index (Phi) is 3.38. The molecule has 0 aliphatic heterocycles. The molecule has 1 aromatic carbocycles. The third-order valence-corrected chi connectivity index (χ3v) is 3.73. The van der Waals surface area contributed by atoms with E-state index >= 15 is 0 Å². The highest BCUT2D eigenvalue weighted by Gasteiger charge is 2.16. The van der Waals surface area contributed by atoms with E-state index in [4.69, 9.17) is 23.2 Å². The lowest BCUT2D eigenvalue weighted by Crippen LogP contribution is -2.01. The van der Waals surface area contributed by atoms with Gasteiger partial charge in [-0.1, -0.05) is 29.3 Å². The second kappa shape index (κ2) is 5.05. The van der Waals surface area contributed by atoms with E-state index in [1.807, 2.05) is 13.1 Å². The van der Waals surface area contributed by atoms with Crippen molar-refractivity contribution in [2.24, 2.45) is 7.05 Å². The van der Waals surface area contributed by atoms with Gasteiger partial charge >= 0.3 is 0 Å². The van der Waals surface area contributed by atoms with Crippen molar-refractivity contribution in [3.8, 4) is 0 Å². The summed E-state index contributed by atoms with van der Waals surface area (Å²) in [4.78, 5) is 4.31. The quantitative estimate of drug-likeness (QED) is 0.790. The number of fused-ring (bicyclic) bond motifs is 1. The SMILES string of the molecule is Cn1ncc2cc(C(O)c3ccc(Cl)cc3Cl)cnc21. The van der Waals surface area contributed by atoms with Gasteiger partial charge in [-0.05, 0) is 18.2 Å². The van der Waals surface area contributed by atoms with Gasteiger partial charge in [-0.2, -0.15) is 5.10 Å². The van der Waals surface area contributed by atoms with Crippen LogP contribution in [0.1, 0.15) is 17.2 Å². The average Bonchev–Trinajstić information content (AvgIpc) is 2.79. The van der Waals surface area contributed by atoms with Crippen LogP contribution in [0.25, 0.3) is 11.0 Å². The summed E-state index contributed by atoms with van der Waals surface area (Å²) in [7, 11) is 1.82.